The lowest BCUT2D eigenvalue weighted by Crippen LogP contribution is -2.05. The maximum atomic E-state index is 12.9. The first-order chi connectivity index (χ1) is 14.1. The molecule has 1 atom stereocenters. The second-order valence-electron chi connectivity index (χ2n) is 7.09. The molecule has 30 heavy (non-hydrogen) atoms. The molecule has 0 heterocycles. The van der Waals surface area contributed by atoms with Crippen molar-refractivity contribution < 1.29 is 33.0 Å². The summed E-state index contributed by atoms with van der Waals surface area (Å²) in [7, 11) is 0. The predicted molar refractivity (Wildman–Crippen MR) is 107 cm³/mol. The Morgan fingerprint density at radius 1 is 1.00 bits per heavy atom. The molecule has 2 rings (SSSR count). The van der Waals surface area contributed by atoms with Crippen LogP contribution >= 0.6 is 0 Å². The smallest absolute Gasteiger partial charge is 0.416 e. The van der Waals surface area contributed by atoms with Crippen LogP contribution in [0.3, 0.4) is 0 Å². The largest absolute Gasteiger partial charge is 0.481 e. The highest BCUT2D eigenvalue weighted by atomic mass is 19.4. The molecule has 2 aromatic rings. The summed E-state index contributed by atoms with van der Waals surface area (Å²) in [5.41, 5.74) is 0.793. The summed E-state index contributed by atoms with van der Waals surface area (Å²) in [5, 5.41) is 17.8. The molecule has 160 valence electrons. The lowest BCUT2D eigenvalue weighted by Gasteiger charge is -2.13. The second kappa shape index (κ2) is 10.6. The van der Waals surface area contributed by atoms with Gasteiger partial charge in [-0.05, 0) is 60.6 Å². The number of aromatic carboxylic acids is 1. The van der Waals surface area contributed by atoms with Crippen molar-refractivity contribution in [3.63, 3.8) is 0 Å². The van der Waals surface area contributed by atoms with Crippen LogP contribution in [0.25, 0.3) is 6.08 Å². The molecule has 0 aromatic heterocycles. The van der Waals surface area contributed by atoms with Gasteiger partial charge in [-0.25, -0.2) is 4.79 Å². The van der Waals surface area contributed by atoms with Crippen LogP contribution in [0.1, 0.15) is 52.7 Å². The fourth-order valence-electron chi connectivity index (χ4n) is 3.10. The average molecular weight is 420 g/mol. The van der Waals surface area contributed by atoms with Gasteiger partial charge in [-0.1, -0.05) is 42.8 Å². The number of halogens is 3. The number of alkyl halides is 3. The van der Waals surface area contributed by atoms with Gasteiger partial charge in [0.15, 0.2) is 0 Å². The van der Waals surface area contributed by atoms with Gasteiger partial charge in [0.05, 0.1) is 11.1 Å². The van der Waals surface area contributed by atoms with Gasteiger partial charge in [-0.3, -0.25) is 4.79 Å². The van der Waals surface area contributed by atoms with Gasteiger partial charge in [0.25, 0.3) is 0 Å². The van der Waals surface area contributed by atoms with Crippen LogP contribution < -0.4 is 0 Å². The molecule has 2 N–H and O–H groups in total. The SMILES string of the molecule is O=C(O)CCCCC(C=Cc1cccc(C(F)(F)F)c1)Cc1ccc(C(=O)O)cc1. The first-order valence-corrected chi connectivity index (χ1v) is 9.54. The van der Waals surface area contributed by atoms with Crippen LogP contribution in [0.15, 0.2) is 54.6 Å². The molecule has 0 spiro atoms. The van der Waals surface area contributed by atoms with E-state index < -0.39 is 23.7 Å². The zero-order valence-corrected chi connectivity index (χ0v) is 16.2. The van der Waals surface area contributed by atoms with E-state index in [0.717, 1.165) is 17.7 Å². The molecular formula is C23H23F3O4. The third-order valence-electron chi connectivity index (χ3n) is 4.69. The molecule has 1 unspecified atom stereocenters. The number of allylic oxidation sites excluding steroid dienone is 1. The number of carboxylic acid groups (broad SMARTS) is 2. The number of aliphatic carboxylic acids is 1. The molecule has 0 aliphatic carbocycles. The molecule has 2 aromatic carbocycles. The van der Waals surface area contributed by atoms with Crippen molar-refractivity contribution in [2.45, 2.75) is 38.3 Å². The van der Waals surface area contributed by atoms with Crippen molar-refractivity contribution in [3.8, 4) is 0 Å². The van der Waals surface area contributed by atoms with Crippen LogP contribution in [-0.4, -0.2) is 22.2 Å². The number of unbranched alkanes of at least 4 members (excludes halogenated alkanes) is 1. The van der Waals surface area contributed by atoms with Gasteiger partial charge in [-0.2, -0.15) is 13.2 Å². The Labute approximate surface area is 172 Å². The molecular weight excluding hydrogens is 397 g/mol. The number of hydrogen-bond donors (Lipinski definition) is 2. The lowest BCUT2D eigenvalue weighted by molar-refractivity contribution is -0.138. The lowest BCUT2D eigenvalue weighted by atomic mass is 9.92. The Hall–Kier alpha value is -3.09. The molecule has 0 saturated heterocycles. The highest BCUT2D eigenvalue weighted by Gasteiger charge is 2.30. The van der Waals surface area contributed by atoms with Gasteiger partial charge in [0, 0.05) is 6.42 Å². The maximum absolute atomic E-state index is 12.9. The zero-order chi connectivity index (χ0) is 22.1. The van der Waals surface area contributed by atoms with Crippen molar-refractivity contribution in [1.29, 1.82) is 0 Å². The van der Waals surface area contributed by atoms with E-state index in [-0.39, 0.29) is 17.9 Å². The van der Waals surface area contributed by atoms with E-state index in [0.29, 0.717) is 31.2 Å². The van der Waals surface area contributed by atoms with Crippen LogP contribution in [0.2, 0.25) is 0 Å². The topological polar surface area (TPSA) is 74.6 Å². The van der Waals surface area contributed by atoms with Crippen LogP contribution in [0, 0.1) is 5.92 Å². The first-order valence-electron chi connectivity index (χ1n) is 9.54. The molecule has 0 bridgehead atoms. The van der Waals surface area contributed by atoms with Crippen LogP contribution in [0.4, 0.5) is 13.2 Å². The highest BCUT2D eigenvalue weighted by molar-refractivity contribution is 5.87. The summed E-state index contributed by atoms with van der Waals surface area (Å²) < 4.78 is 38.7. The van der Waals surface area contributed by atoms with Crippen molar-refractivity contribution >= 4 is 18.0 Å². The number of hydrogen-bond acceptors (Lipinski definition) is 2. The first kappa shape index (κ1) is 23.2. The minimum Gasteiger partial charge on any atom is -0.481 e. The average Bonchev–Trinajstić information content (AvgIpc) is 2.69. The minimum absolute atomic E-state index is 0.0241. The van der Waals surface area contributed by atoms with E-state index >= 15 is 0 Å². The fourth-order valence-corrected chi connectivity index (χ4v) is 3.10. The summed E-state index contributed by atoms with van der Waals surface area (Å²) in [6.07, 6.45) is 1.55. The van der Waals surface area contributed by atoms with Crippen molar-refractivity contribution in [3.05, 3.63) is 76.9 Å². The Balaban J connectivity index is 2.13. The van der Waals surface area contributed by atoms with Crippen molar-refractivity contribution in [2.75, 3.05) is 0 Å². The summed E-state index contributed by atoms with van der Waals surface area (Å²) in [6.45, 7) is 0. The summed E-state index contributed by atoms with van der Waals surface area (Å²) >= 11 is 0. The van der Waals surface area contributed by atoms with E-state index in [2.05, 4.69) is 0 Å². The van der Waals surface area contributed by atoms with E-state index in [9.17, 15) is 22.8 Å². The minimum atomic E-state index is -4.41. The van der Waals surface area contributed by atoms with Crippen LogP contribution in [0.5, 0.6) is 0 Å². The van der Waals surface area contributed by atoms with E-state index in [1.807, 2.05) is 6.08 Å². The zero-order valence-electron chi connectivity index (χ0n) is 16.2. The molecule has 0 saturated carbocycles. The van der Waals surface area contributed by atoms with E-state index in [1.54, 1.807) is 24.3 Å². The summed E-state index contributed by atoms with van der Waals surface area (Å²) in [6, 6.07) is 11.5. The van der Waals surface area contributed by atoms with Gasteiger partial charge >= 0.3 is 18.1 Å². The third-order valence-corrected chi connectivity index (χ3v) is 4.69. The summed E-state index contributed by atoms with van der Waals surface area (Å²) in [5.74, 6) is -1.91. The number of benzene rings is 2. The molecule has 4 nitrogen and oxygen atoms in total. The molecule has 0 amide bonds. The van der Waals surface area contributed by atoms with Gasteiger partial charge in [0.2, 0.25) is 0 Å². The maximum Gasteiger partial charge on any atom is 0.416 e. The number of rotatable bonds is 10. The quantitative estimate of drug-likeness (QED) is 0.468. The van der Waals surface area contributed by atoms with Gasteiger partial charge < -0.3 is 10.2 Å². The Kier molecular flexibility index (Phi) is 8.21. The van der Waals surface area contributed by atoms with E-state index in [1.165, 1.54) is 18.2 Å². The second-order valence-corrected chi connectivity index (χ2v) is 7.09. The molecule has 0 aliphatic rings. The predicted octanol–water partition coefficient (Wildman–Crippen LogP) is 5.92. The van der Waals surface area contributed by atoms with E-state index in [4.69, 9.17) is 10.2 Å². The molecule has 7 heteroatoms. The standard InChI is InChI=1S/C23H23F3O4/c24-23(25,26)20-6-3-5-17(15-20)9-8-16(4-1-2-7-21(27)28)14-18-10-12-19(13-11-18)22(29)30/h3,5-6,8-13,15-16H,1-2,4,7,14H2,(H,27,28)(H,29,30). The third kappa shape index (κ3) is 7.73. The molecule has 0 fully saturated rings. The molecule has 0 aliphatic heterocycles. The van der Waals surface area contributed by atoms with Crippen molar-refractivity contribution in [2.24, 2.45) is 5.92 Å². The van der Waals surface area contributed by atoms with Gasteiger partial charge in [0.1, 0.15) is 0 Å². The van der Waals surface area contributed by atoms with Crippen molar-refractivity contribution in [1.82, 2.24) is 0 Å². The molecule has 0 radical (unpaired) electrons. The Morgan fingerprint density at radius 3 is 2.30 bits per heavy atom. The van der Waals surface area contributed by atoms with Gasteiger partial charge in [-0.15, -0.1) is 0 Å². The monoisotopic (exact) mass is 420 g/mol. The Bertz CT molecular complexity index is 886. The Morgan fingerprint density at radius 2 is 1.70 bits per heavy atom. The highest BCUT2D eigenvalue weighted by Crippen LogP contribution is 2.30. The summed E-state index contributed by atoms with van der Waals surface area (Å²) in [4.78, 5) is 21.7. The number of carbonyl (C=O) groups is 2. The normalized spacial score (nSPS) is 12.8. The van der Waals surface area contributed by atoms with Crippen LogP contribution in [-0.2, 0) is 17.4 Å². The number of carboxylic acids is 2. The fraction of sp³-hybridized carbons (Fsp3) is 0.304.